The Morgan fingerprint density at radius 2 is 2.17 bits per heavy atom. The number of likely N-dealkylation sites (tertiary alicyclic amines) is 1. The molecule has 1 aliphatic heterocycles. The minimum Gasteiger partial charge on any atom is -0.497 e. The number of benzene rings is 1. The average Bonchev–Trinajstić information content (AvgIpc) is 3.05. The molecule has 1 atom stereocenters. The van der Waals surface area contributed by atoms with Crippen LogP contribution < -0.4 is 14.8 Å². The van der Waals surface area contributed by atoms with Crippen molar-refractivity contribution in [3.8, 4) is 11.5 Å². The highest BCUT2D eigenvalue weighted by Gasteiger charge is 2.29. The lowest BCUT2D eigenvalue weighted by Crippen LogP contribution is -2.40. The van der Waals surface area contributed by atoms with E-state index in [1.807, 2.05) is 0 Å². The molecule has 1 N–H and O–H groups in total. The van der Waals surface area contributed by atoms with E-state index in [9.17, 15) is 14.9 Å². The lowest BCUT2D eigenvalue weighted by Gasteiger charge is -2.22. The first-order valence-corrected chi connectivity index (χ1v) is 7.94. The van der Waals surface area contributed by atoms with Crippen molar-refractivity contribution in [3.63, 3.8) is 0 Å². The van der Waals surface area contributed by atoms with E-state index in [-0.39, 0.29) is 23.0 Å². The van der Waals surface area contributed by atoms with Crippen LogP contribution in [0.1, 0.15) is 30.1 Å². The Hall–Kier alpha value is -2.35. The molecule has 2 rings (SSSR count). The van der Waals surface area contributed by atoms with Gasteiger partial charge >= 0.3 is 5.69 Å². The highest BCUT2D eigenvalue weighted by Crippen LogP contribution is 2.35. The van der Waals surface area contributed by atoms with E-state index in [2.05, 4.69) is 17.1 Å². The third-order valence-electron chi connectivity index (χ3n) is 4.33. The van der Waals surface area contributed by atoms with Gasteiger partial charge in [0.25, 0.3) is 5.91 Å². The molecule has 1 saturated heterocycles. The monoisotopic (exact) mass is 337 g/mol. The second-order valence-corrected chi connectivity index (χ2v) is 5.62. The number of ether oxygens (including phenoxy) is 2. The molecule has 1 amide bonds. The third kappa shape index (κ3) is 3.76. The maximum Gasteiger partial charge on any atom is 0.323 e. The summed E-state index contributed by atoms with van der Waals surface area (Å²) in [5.41, 5.74) is -0.410. The van der Waals surface area contributed by atoms with Gasteiger partial charge in [-0.1, -0.05) is 6.92 Å². The van der Waals surface area contributed by atoms with Crippen molar-refractivity contribution in [2.75, 3.05) is 33.9 Å². The zero-order valence-electron chi connectivity index (χ0n) is 14.2. The quantitative estimate of drug-likeness (QED) is 0.602. The SMILES string of the molecule is CCN1CCCC1CNC(=O)c1cc(OC)cc(OC)c1[N+](=O)[O-]. The first-order valence-electron chi connectivity index (χ1n) is 7.94. The third-order valence-corrected chi connectivity index (χ3v) is 4.33. The van der Waals surface area contributed by atoms with Crippen molar-refractivity contribution in [2.45, 2.75) is 25.8 Å². The predicted molar refractivity (Wildman–Crippen MR) is 88.8 cm³/mol. The molecule has 24 heavy (non-hydrogen) atoms. The Labute approximate surface area is 140 Å². The van der Waals surface area contributed by atoms with Crippen LogP contribution in [0.2, 0.25) is 0 Å². The second-order valence-electron chi connectivity index (χ2n) is 5.62. The van der Waals surface area contributed by atoms with E-state index >= 15 is 0 Å². The smallest absolute Gasteiger partial charge is 0.323 e. The fourth-order valence-corrected chi connectivity index (χ4v) is 3.07. The lowest BCUT2D eigenvalue weighted by molar-refractivity contribution is -0.386. The van der Waals surface area contributed by atoms with Gasteiger partial charge in [0.15, 0.2) is 0 Å². The highest BCUT2D eigenvalue weighted by molar-refractivity contribution is 5.99. The number of amides is 1. The number of nitrogens with zero attached hydrogens (tertiary/aromatic N) is 2. The van der Waals surface area contributed by atoms with E-state index in [0.29, 0.717) is 12.3 Å². The van der Waals surface area contributed by atoms with Crippen molar-refractivity contribution < 1.29 is 19.2 Å². The molecule has 0 bridgehead atoms. The van der Waals surface area contributed by atoms with Crippen LogP contribution in [0.4, 0.5) is 5.69 Å². The van der Waals surface area contributed by atoms with Crippen LogP contribution in [0.5, 0.6) is 11.5 Å². The van der Waals surface area contributed by atoms with E-state index < -0.39 is 10.8 Å². The van der Waals surface area contributed by atoms with E-state index in [1.54, 1.807) is 0 Å². The molecule has 1 heterocycles. The summed E-state index contributed by atoms with van der Waals surface area (Å²) in [6, 6.07) is 3.03. The summed E-state index contributed by atoms with van der Waals surface area (Å²) >= 11 is 0. The minimum atomic E-state index is -0.610. The van der Waals surface area contributed by atoms with E-state index in [4.69, 9.17) is 9.47 Å². The van der Waals surface area contributed by atoms with Gasteiger partial charge in [0.05, 0.1) is 19.1 Å². The number of carbonyl (C=O) groups is 1. The summed E-state index contributed by atoms with van der Waals surface area (Å²) in [7, 11) is 2.75. The van der Waals surface area contributed by atoms with Crippen LogP contribution in [0, 0.1) is 10.1 Å². The van der Waals surface area contributed by atoms with Gasteiger partial charge in [-0.05, 0) is 25.9 Å². The van der Waals surface area contributed by atoms with Crippen LogP contribution in [-0.4, -0.2) is 55.6 Å². The van der Waals surface area contributed by atoms with Gasteiger partial charge in [-0.2, -0.15) is 0 Å². The molecular formula is C16H23N3O5. The lowest BCUT2D eigenvalue weighted by atomic mass is 10.1. The fourth-order valence-electron chi connectivity index (χ4n) is 3.07. The highest BCUT2D eigenvalue weighted by atomic mass is 16.6. The molecule has 0 saturated carbocycles. The number of methoxy groups -OCH3 is 2. The van der Waals surface area contributed by atoms with Crippen LogP contribution in [-0.2, 0) is 0 Å². The summed E-state index contributed by atoms with van der Waals surface area (Å²) in [6.07, 6.45) is 2.11. The van der Waals surface area contributed by atoms with Crippen LogP contribution in [0.15, 0.2) is 12.1 Å². The number of nitro benzene ring substituents is 1. The van der Waals surface area contributed by atoms with Crippen molar-refractivity contribution in [2.24, 2.45) is 0 Å². The zero-order valence-corrected chi connectivity index (χ0v) is 14.2. The second kappa shape index (κ2) is 7.96. The number of nitrogens with one attached hydrogen (secondary N) is 1. The Bertz CT molecular complexity index is 620. The summed E-state index contributed by atoms with van der Waals surface area (Å²) in [5, 5.41) is 14.2. The maximum atomic E-state index is 12.5. The number of nitro groups is 1. The first-order chi connectivity index (χ1) is 11.5. The van der Waals surface area contributed by atoms with Gasteiger partial charge in [0.1, 0.15) is 11.3 Å². The van der Waals surface area contributed by atoms with Crippen molar-refractivity contribution in [1.29, 1.82) is 0 Å². The van der Waals surface area contributed by atoms with E-state index in [0.717, 1.165) is 25.9 Å². The van der Waals surface area contributed by atoms with Crippen molar-refractivity contribution >= 4 is 11.6 Å². The molecule has 1 fully saturated rings. The van der Waals surface area contributed by atoms with Crippen molar-refractivity contribution in [1.82, 2.24) is 10.2 Å². The zero-order chi connectivity index (χ0) is 17.7. The van der Waals surface area contributed by atoms with Gasteiger partial charge in [-0.15, -0.1) is 0 Å². The molecule has 8 heteroatoms. The summed E-state index contributed by atoms with van der Waals surface area (Å²) in [5.74, 6) is -0.166. The number of hydrogen-bond donors (Lipinski definition) is 1. The molecule has 1 aliphatic rings. The number of hydrogen-bond acceptors (Lipinski definition) is 6. The van der Waals surface area contributed by atoms with Crippen LogP contribution in [0.25, 0.3) is 0 Å². The van der Waals surface area contributed by atoms with Crippen LogP contribution in [0.3, 0.4) is 0 Å². The Balaban J connectivity index is 2.22. The van der Waals surface area contributed by atoms with Gasteiger partial charge in [-0.25, -0.2) is 0 Å². The molecule has 0 aromatic heterocycles. The molecule has 0 spiro atoms. The first kappa shape index (κ1) is 18.0. The molecule has 0 aliphatic carbocycles. The summed E-state index contributed by atoms with van der Waals surface area (Å²) in [4.78, 5) is 25.6. The van der Waals surface area contributed by atoms with Gasteiger partial charge in [-0.3, -0.25) is 19.8 Å². The number of rotatable bonds is 7. The fraction of sp³-hybridized carbons (Fsp3) is 0.562. The topological polar surface area (TPSA) is 93.9 Å². The summed E-state index contributed by atoms with van der Waals surface area (Å²) in [6.45, 7) is 4.49. The Kier molecular flexibility index (Phi) is 5.97. The molecule has 1 unspecified atom stereocenters. The molecule has 132 valence electrons. The standard InChI is InChI=1S/C16H23N3O5/c1-4-18-7-5-6-11(18)10-17-16(20)13-8-12(23-2)9-14(24-3)15(13)19(21)22/h8-9,11H,4-7,10H2,1-3H3,(H,17,20). The normalized spacial score (nSPS) is 17.5. The van der Waals surface area contributed by atoms with Gasteiger partial charge < -0.3 is 14.8 Å². The van der Waals surface area contributed by atoms with E-state index in [1.165, 1.54) is 26.4 Å². The van der Waals surface area contributed by atoms with Crippen LogP contribution >= 0.6 is 0 Å². The Morgan fingerprint density at radius 3 is 2.75 bits per heavy atom. The van der Waals surface area contributed by atoms with Gasteiger partial charge in [0.2, 0.25) is 5.75 Å². The molecule has 8 nitrogen and oxygen atoms in total. The predicted octanol–water partition coefficient (Wildman–Crippen LogP) is 1.83. The molecule has 1 aromatic carbocycles. The summed E-state index contributed by atoms with van der Waals surface area (Å²) < 4.78 is 10.1. The van der Waals surface area contributed by atoms with Gasteiger partial charge in [0, 0.05) is 24.7 Å². The molecular weight excluding hydrogens is 314 g/mol. The maximum absolute atomic E-state index is 12.5. The van der Waals surface area contributed by atoms with Crippen molar-refractivity contribution in [3.05, 3.63) is 27.8 Å². The number of carbonyl (C=O) groups excluding carboxylic acids is 1. The average molecular weight is 337 g/mol. The molecule has 1 aromatic rings. The molecule has 0 radical (unpaired) electrons. The number of likely N-dealkylation sites (N-methyl/N-ethyl adjacent to an activating group) is 1. The largest absolute Gasteiger partial charge is 0.497 e. The Morgan fingerprint density at radius 1 is 1.42 bits per heavy atom. The minimum absolute atomic E-state index is 0.000510.